The number of amides is 1. The van der Waals surface area contributed by atoms with Gasteiger partial charge in [0.1, 0.15) is 5.82 Å². The van der Waals surface area contributed by atoms with Gasteiger partial charge in [0, 0.05) is 26.3 Å². The highest BCUT2D eigenvalue weighted by Crippen LogP contribution is 2.15. The second-order valence-corrected chi connectivity index (χ2v) is 5.35. The van der Waals surface area contributed by atoms with Crippen molar-refractivity contribution in [3.8, 4) is 0 Å². The Hall–Kier alpha value is -1.12. The minimum atomic E-state index is 0.0224. The molecule has 8 heteroatoms. The van der Waals surface area contributed by atoms with E-state index in [0.29, 0.717) is 23.3 Å². The van der Waals surface area contributed by atoms with Crippen LogP contribution in [0.2, 0.25) is 0 Å². The standard InChI is InChI=1S/C11H19N5O2S/c1-16-9(6-12)14-15-11(16)19-7-10(17)13-8-2-4-18-5-3-8/h8H,2-7,12H2,1H3,(H,13,17). The van der Waals surface area contributed by atoms with Crippen LogP contribution in [0, 0.1) is 0 Å². The summed E-state index contributed by atoms with van der Waals surface area (Å²) in [5.74, 6) is 1.08. The van der Waals surface area contributed by atoms with E-state index in [2.05, 4.69) is 15.5 Å². The topological polar surface area (TPSA) is 95.1 Å². The molecule has 1 fully saturated rings. The highest BCUT2D eigenvalue weighted by atomic mass is 32.2. The summed E-state index contributed by atoms with van der Waals surface area (Å²) in [6, 6.07) is 0.237. The molecule has 1 aromatic rings. The van der Waals surface area contributed by atoms with Crippen molar-refractivity contribution >= 4 is 17.7 Å². The molecule has 3 N–H and O–H groups in total. The van der Waals surface area contributed by atoms with Gasteiger partial charge in [-0.15, -0.1) is 10.2 Å². The van der Waals surface area contributed by atoms with Crippen LogP contribution in [0.5, 0.6) is 0 Å². The van der Waals surface area contributed by atoms with Gasteiger partial charge in [-0.2, -0.15) is 0 Å². The molecule has 0 aromatic carbocycles. The molecule has 19 heavy (non-hydrogen) atoms. The largest absolute Gasteiger partial charge is 0.381 e. The van der Waals surface area contributed by atoms with Crippen molar-refractivity contribution in [2.45, 2.75) is 30.6 Å². The number of rotatable bonds is 5. The Bertz CT molecular complexity index is 431. The molecule has 0 unspecified atom stereocenters. The number of nitrogens with two attached hydrogens (primary N) is 1. The van der Waals surface area contributed by atoms with Crippen LogP contribution in [0.15, 0.2) is 5.16 Å². The molecule has 0 spiro atoms. The van der Waals surface area contributed by atoms with Gasteiger partial charge >= 0.3 is 0 Å². The molecule has 0 aliphatic carbocycles. The Balaban J connectivity index is 1.77. The third kappa shape index (κ3) is 3.92. The number of ether oxygens (including phenoxy) is 1. The zero-order chi connectivity index (χ0) is 13.7. The summed E-state index contributed by atoms with van der Waals surface area (Å²) in [6.45, 7) is 1.79. The van der Waals surface area contributed by atoms with Gasteiger partial charge in [0.2, 0.25) is 5.91 Å². The van der Waals surface area contributed by atoms with Crippen LogP contribution in [0.25, 0.3) is 0 Å². The summed E-state index contributed by atoms with van der Waals surface area (Å²) < 4.78 is 7.06. The molecule has 2 heterocycles. The molecule has 2 rings (SSSR count). The molecule has 106 valence electrons. The van der Waals surface area contributed by atoms with E-state index in [1.54, 1.807) is 0 Å². The molecule has 0 atom stereocenters. The summed E-state index contributed by atoms with van der Waals surface area (Å²) in [5.41, 5.74) is 5.52. The Kier molecular flexibility index (Phi) is 5.17. The third-order valence-electron chi connectivity index (χ3n) is 3.03. The number of hydrogen-bond acceptors (Lipinski definition) is 6. The molecule has 1 saturated heterocycles. The average molecular weight is 285 g/mol. The first-order chi connectivity index (χ1) is 9.20. The van der Waals surface area contributed by atoms with Gasteiger partial charge in [0.15, 0.2) is 5.16 Å². The first kappa shape index (κ1) is 14.3. The number of thioether (sulfide) groups is 1. The number of nitrogens with zero attached hydrogens (tertiary/aromatic N) is 3. The number of carbonyl (C=O) groups is 1. The Morgan fingerprint density at radius 1 is 1.53 bits per heavy atom. The molecule has 0 saturated carbocycles. The average Bonchev–Trinajstić information content (AvgIpc) is 2.78. The van der Waals surface area contributed by atoms with Gasteiger partial charge in [0.25, 0.3) is 0 Å². The van der Waals surface area contributed by atoms with Gasteiger partial charge < -0.3 is 20.4 Å². The van der Waals surface area contributed by atoms with Crippen molar-refractivity contribution in [2.24, 2.45) is 12.8 Å². The number of carbonyl (C=O) groups excluding carboxylic acids is 1. The van der Waals surface area contributed by atoms with Crippen molar-refractivity contribution in [2.75, 3.05) is 19.0 Å². The minimum Gasteiger partial charge on any atom is -0.381 e. The molecule has 1 amide bonds. The monoisotopic (exact) mass is 285 g/mol. The maximum Gasteiger partial charge on any atom is 0.230 e. The van der Waals surface area contributed by atoms with E-state index in [0.717, 1.165) is 26.1 Å². The molecule has 1 aliphatic heterocycles. The molecule has 1 aliphatic rings. The number of hydrogen-bond donors (Lipinski definition) is 2. The van der Waals surface area contributed by atoms with Crippen molar-refractivity contribution in [3.63, 3.8) is 0 Å². The smallest absolute Gasteiger partial charge is 0.230 e. The first-order valence-corrected chi connectivity index (χ1v) is 7.27. The van der Waals surface area contributed by atoms with E-state index < -0.39 is 0 Å². The predicted molar refractivity (Wildman–Crippen MR) is 71.6 cm³/mol. The van der Waals surface area contributed by atoms with Gasteiger partial charge in [0.05, 0.1) is 12.3 Å². The Morgan fingerprint density at radius 2 is 2.26 bits per heavy atom. The lowest BCUT2D eigenvalue weighted by molar-refractivity contribution is -0.119. The van der Waals surface area contributed by atoms with E-state index in [4.69, 9.17) is 10.5 Å². The fourth-order valence-electron chi connectivity index (χ4n) is 1.89. The van der Waals surface area contributed by atoms with Gasteiger partial charge in [-0.1, -0.05) is 11.8 Å². The molecule has 0 bridgehead atoms. The SMILES string of the molecule is Cn1c(CN)nnc1SCC(=O)NC1CCOCC1. The lowest BCUT2D eigenvalue weighted by Crippen LogP contribution is -2.39. The van der Waals surface area contributed by atoms with Crippen LogP contribution in [0.3, 0.4) is 0 Å². The highest BCUT2D eigenvalue weighted by Gasteiger charge is 2.17. The van der Waals surface area contributed by atoms with Crippen LogP contribution in [0.4, 0.5) is 0 Å². The van der Waals surface area contributed by atoms with Gasteiger partial charge in [-0.25, -0.2) is 0 Å². The summed E-state index contributed by atoms with van der Waals surface area (Å²) in [4.78, 5) is 11.8. The van der Waals surface area contributed by atoms with Gasteiger partial charge in [-0.3, -0.25) is 4.79 Å². The maximum atomic E-state index is 11.8. The van der Waals surface area contributed by atoms with Crippen molar-refractivity contribution < 1.29 is 9.53 Å². The zero-order valence-electron chi connectivity index (χ0n) is 11.0. The van der Waals surface area contributed by atoms with Crippen molar-refractivity contribution in [1.29, 1.82) is 0 Å². The Labute approximate surface area is 116 Å². The van der Waals surface area contributed by atoms with E-state index in [9.17, 15) is 4.79 Å². The summed E-state index contributed by atoms with van der Waals surface area (Å²) in [5, 5.41) is 11.7. The zero-order valence-corrected chi connectivity index (χ0v) is 11.8. The summed E-state index contributed by atoms with van der Waals surface area (Å²) in [6.07, 6.45) is 1.77. The minimum absolute atomic E-state index is 0.0224. The molecule has 1 aromatic heterocycles. The lowest BCUT2D eigenvalue weighted by Gasteiger charge is -2.22. The van der Waals surface area contributed by atoms with E-state index in [1.807, 2.05) is 11.6 Å². The fourth-order valence-corrected chi connectivity index (χ4v) is 2.63. The normalized spacial score (nSPS) is 16.5. The van der Waals surface area contributed by atoms with Crippen LogP contribution < -0.4 is 11.1 Å². The van der Waals surface area contributed by atoms with E-state index >= 15 is 0 Å². The first-order valence-electron chi connectivity index (χ1n) is 6.29. The van der Waals surface area contributed by atoms with Crippen LogP contribution in [-0.2, 0) is 23.1 Å². The second kappa shape index (κ2) is 6.88. The number of nitrogens with one attached hydrogen (secondary N) is 1. The maximum absolute atomic E-state index is 11.8. The van der Waals surface area contributed by atoms with E-state index in [1.165, 1.54) is 11.8 Å². The lowest BCUT2D eigenvalue weighted by atomic mass is 10.1. The molecular formula is C11H19N5O2S. The molecule has 7 nitrogen and oxygen atoms in total. The molecular weight excluding hydrogens is 266 g/mol. The van der Waals surface area contributed by atoms with Crippen LogP contribution >= 0.6 is 11.8 Å². The van der Waals surface area contributed by atoms with Crippen LogP contribution in [-0.4, -0.2) is 45.7 Å². The van der Waals surface area contributed by atoms with E-state index in [-0.39, 0.29) is 11.9 Å². The molecule has 0 radical (unpaired) electrons. The predicted octanol–water partition coefficient (Wildman–Crippen LogP) is -0.339. The van der Waals surface area contributed by atoms with Gasteiger partial charge in [-0.05, 0) is 12.8 Å². The highest BCUT2D eigenvalue weighted by molar-refractivity contribution is 7.99. The van der Waals surface area contributed by atoms with Crippen molar-refractivity contribution in [1.82, 2.24) is 20.1 Å². The third-order valence-corrected chi connectivity index (χ3v) is 4.05. The summed E-state index contributed by atoms with van der Waals surface area (Å²) >= 11 is 1.37. The quantitative estimate of drug-likeness (QED) is 0.719. The number of aromatic nitrogens is 3. The van der Waals surface area contributed by atoms with Crippen LogP contribution in [0.1, 0.15) is 18.7 Å². The summed E-state index contributed by atoms with van der Waals surface area (Å²) in [7, 11) is 1.85. The Morgan fingerprint density at radius 3 is 2.89 bits per heavy atom. The fraction of sp³-hybridized carbons (Fsp3) is 0.727. The van der Waals surface area contributed by atoms with Crippen molar-refractivity contribution in [3.05, 3.63) is 5.82 Å². The second-order valence-electron chi connectivity index (χ2n) is 4.40.